The first-order valence-electron chi connectivity index (χ1n) is 4.25. The van der Waals surface area contributed by atoms with Gasteiger partial charge in [0.1, 0.15) is 0 Å². The van der Waals surface area contributed by atoms with Gasteiger partial charge in [-0.25, -0.2) is 12.6 Å². The normalized spacial score (nSPS) is 17.0. The van der Waals surface area contributed by atoms with Crippen LogP contribution in [0.4, 0.5) is 26.3 Å². The Kier molecular flexibility index (Phi) is 5.49. The summed E-state index contributed by atoms with van der Waals surface area (Å²) in [6.07, 6.45) is 0.525. The molecular formula is C5H6F6N2O5S3. The SMILES string of the molecule is C=CCS(=O)(=O)NS(=O)(=NS(=O)(=O)C(F)(F)F)C(F)(F)F. The molecule has 0 heterocycles. The van der Waals surface area contributed by atoms with Gasteiger partial charge in [-0.3, -0.25) is 0 Å². The lowest BCUT2D eigenvalue weighted by Crippen LogP contribution is -2.42. The first-order valence-corrected chi connectivity index (χ1v) is 8.86. The smallest absolute Gasteiger partial charge is 0.222 e. The van der Waals surface area contributed by atoms with Crippen LogP contribution in [-0.4, -0.2) is 37.8 Å². The maximum atomic E-state index is 12.4. The third-order valence-corrected chi connectivity index (χ3v) is 6.82. The first-order chi connectivity index (χ1) is 8.97. The number of rotatable bonds is 5. The highest BCUT2D eigenvalue weighted by Crippen LogP contribution is 2.31. The van der Waals surface area contributed by atoms with Gasteiger partial charge in [0.15, 0.2) is 0 Å². The molecule has 0 rings (SSSR count). The van der Waals surface area contributed by atoms with E-state index < -0.39 is 46.7 Å². The third kappa shape index (κ3) is 5.11. The van der Waals surface area contributed by atoms with E-state index in [-0.39, 0.29) is 0 Å². The summed E-state index contributed by atoms with van der Waals surface area (Å²) in [7, 11) is -18.4. The van der Waals surface area contributed by atoms with E-state index in [0.29, 0.717) is 10.2 Å². The summed E-state index contributed by atoms with van der Waals surface area (Å²) in [6, 6.07) is 0. The predicted octanol–water partition coefficient (Wildman–Crippen LogP) is 0.844. The van der Waals surface area contributed by atoms with Gasteiger partial charge >= 0.3 is 21.0 Å². The van der Waals surface area contributed by atoms with Crippen molar-refractivity contribution in [3.05, 3.63) is 12.7 Å². The van der Waals surface area contributed by atoms with E-state index in [0.717, 1.165) is 0 Å². The lowest BCUT2D eigenvalue weighted by molar-refractivity contribution is -0.0443. The van der Waals surface area contributed by atoms with Crippen molar-refractivity contribution in [2.45, 2.75) is 11.0 Å². The molecule has 0 aromatic rings. The van der Waals surface area contributed by atoms with Crippen LogP contribution in [0.1, 0.15) is 0 Å². The van der Waals surface area contributed by atoms with E-state index in [2.05, 4.69) is 6.58 Å². The first kappa shape index (κ1) is 20.1. The van der Waals surface area contributed by atoms with E-state index in [1.54, 1.807) is 0 Å². The van der Waals surface area contributed by atoms with Crippen molar-refractivity contribution < 1.29 is 47.4 Å². The van der Waals surface area contributed by atoms with Crippen LogP contribution >= 0.6 is 0 Å². The molecule has 0 aliphatic heterocycles. The highest BCUT2D eigenvalue weighted by atomic mass is 32.3. The Bertz CT molecular complexity index is 724. The topological polar surface area (TPSA) is 110 Å². The Labute approximate surface area is 115 Å². The minimum atomic E-state index is -6.85. The van der Waals surface area contributed by atoms with Crippen molar-refractivity contribution in [1.82, 2.24) is 4.13 Å². The summed E-state index contributed by atoms with van der Waals surface area (Å²) in [5, 5.41) is 0. The lowest BCUT2D eigenvalue weighted by atomic mass is 10.8. The van der Waals surface area contributed by atoms with Gasteiger partial charge in [-0.1, -0.05) is 9.84 Å². The van der Waals surface area contributed by atoms with Gasteiger partial charge in [0, 0.05) is 0 Å². The molecule has 0 radical (unpaired) electrons. The highest BCUT2D eigenvalue weighted by molar-refractivity contribution is 8.10. The molecule has 0 fully saturated rings. The fourth-order valence-electron chi connectivity index (χ4n) is 0.646. The van der Waals surface area contributed by atoms with Crippen LogP contribution < -0.4 is 4.13 Å². The Morgan fingerprint density at radius 3 is 1.67 bits per heavy atom. The van der Waals surface area contributed by atoms with E-state index in [1.165, 1.54) is 3.77 Å². The second-order valence-electron chi connectivity index (χ2n) is 3.12. The Morgan fingerprint density at radius 2 is 1.38 bits per heavy atom. The quantitative estimate of drug-likeness (QED) is 0.558. The molecule has 0 aromatic carbocycles. The van der Waals surface area contributed by atoms with Gasteiger partial charge in [0.25, 0.3) is 0 Å². The summed E-state index contributed by atoms with van der Waals surface area (Å²) in [6.45, 7) is 2.83. The van der Waals surface area contributed by atoms with Gasteiger partial charge in [0.2, 0.25) is 19.9 Å². The molecule has 1 unspecified atom stereocenters. The molecule has 1 atom stereocenters. The standard InChI is InChI=1S/C5H6F6N2O5S3/c1-2-3-19(14,15)12-20(16,4(6,7)8)13-21(17,18)5(9,10)11/h2H,1,3H2,(H,12,13,16). The fourth-order valence-corrected chi connectivity index (χ4v) is 5.16. The Hall–Kier alpha value is -0.870. The number of nitrogens with zero attached hydrogens (tertiary/aromatic N) is 1. The molecule has 0 amide bonds. The summed E-state index contributed by atoms with van der Waals surface area (Å²) < 4.78 is 129. The second-order valence-corrected chi connectivity index (χ2v) is 8.87. The van der Waals surface area contributed by atoms with E-state index in [1.807, 2.05) is 0 Å². The van der Waals surface area contributed by atoms with Crippen LogP contribution in [0.5, 0.6) is 0 Å². The van der Waals surface area contributed by atoms with Crippen LogP contribution in [0.15, 0.2) is 16.4 Å². The maximum Gasteiger partial charge on any atom is 0.519 e. The zero-order valence-electron chi connectivity index (χ0n) is 9.47. The Balaban J connectivity index is 6.32. The molecule has 0 spiro atoms. The molecule has 0 aliphatic carbocycles. The summed E-state index contributed by atoms with van der Waals surface area (Å²) in [5.74, 6) is -1.26. The molecule has 0 bridgehead atoms. The van der Waals surface area contributed by atoms with E-state index in [4.69, 9.17) is 0 Å². The number of nitrogens with one attached hydrogen (secondary N) is 1. The van der Waals surface area contributed by atoms with Crippen LogP contribution in [-0.2, 0) is 30.0 Å². The number of halogens is 6. The predicted molar refractivity (Wildman–Crippen MR) is 58.7 cm³/mol. The summed E-state index contributed by atoms with van der Waals surface area (Å²) >= 11 is 0. The van der Waals surface area contributed by atoms with Gasteiger partial charge in [-0.2, -0.15) is 34.8 Å². The highest BCUT2D eigenvalue weighted by Gasteiger charge is 2.53. The summed E-state index contributed by atoms with van der Waals surface area (Å²) in [4.78, 5) is 0. The van der Waals surface area contributed by atoms with Crippen molar-refractivity contribution in [2.24, 2.45) is 3.77 Å². The summed E-state index contributed by atoms with van der Waals surface area (Å²) in [5.41, 5.74) is -12.5. The molecular weight excluding hydrogens is 378 g/mol. The van der Waals surface area contributed by atoms with Gasteiger partial charge in [0.05, 0.1) is 5.75 Å². The number of alkyl halides is 6. The molecule has 16 heteroatoms. The van der Waals surface area contributed by atoms with Crippen molar-refractivity contribution in [3.63, 3.8) is 0 Å². The average Bonchev–Trinajstić information content (AvgIpc) is 2.10. The van der Waals surface area contributed by atoms with Crippen molar-refractivity contribution in [1.29, 1.82) is 0 Å². The van der Waals surface area contributed by atoms with Crippen LogP contribution in [0.25, 0.3) is 0 Å². The molecule has 21 heavy (non-hydrogen) atoms. The van der Waals surface area contributed by atoms with Gasteiger partial charge in [-0.15, -0.1) is 10.7 Å². The minimum Gasteiger partial charge on any atom is -0.222 e. The molecule has 0 aliphatic rings. The van der Waals surface area contributed by atoms with E-state index in [9.17, 15) is 47.4 Å². The number of sulfonamides is 2. The van der Waals surface area contributed by atoms with Crippen molar-refractivity contribution in [3.8, 4) is 0 Å². The molecule has 7 nitrogen and oxygen atoms in total. The van der Waals surface area contributed by atoms with Gasteiger partial charge in [-0.05, 0) is 0 Å². The molecule has 0 aromatic heterocycles. The largest absolute Gasteiger partial charge is 0.519 e. The second kappa shape index (κ2) is 5.73. The average molecular weight is 384 g/mol. The molecule has 0 saturated heterocycles. The lowest BCUT2D eigenvalue weighted by Gasteiger charge is -2.14. The third-order valence-electron chi connectivity index (χ3n) is 1.39. The van der Waals surface area contributed by atoms with Crippen LogP contribution in [0, 0.1) is 0 Å². The number of hydrogen-bond acceptors (Lipinski definition) is 5. The zero-order chi connectivity index (χ0) is 17.3. The van der Waals surface area contributed by atoms with Crippen molar-refractivity contribution >= 4 is 30.0 Å². The van der Waals surface area contributed by atoms with Gasteiger partial charge < -0.3 is 0 Å². The number of hydrogen-bond donors (Lipinski definition) is 1. The zero-order valence-corrected chi connectivity index (χ0v) is 11.9. The molecule has 1 N–H and O–H groups in total. The maximum absolute atomic E-state index is 12.4. The minimum absolute atomic E-state index is 0.297. The monoisotopic (exact) mass is 384 g/mol. The van der Waals surface area contributed by atoms with E-state index >= 15 is 0 Å². The fraction of sp³-hybridized carbons (Fsp3) is 0.600. The Morgan fingerprint density at radius 1 is 0.952 bits per heavy atom. The molecule has 0 saturated carbocycles. The van der Waals surface area contributed by atoms with Crippen LogP contribution in [0.3, 0.4) is 0 Å². The van der Waals surface area contributed by atoms with Crippen LogP contribution in [0.2, 0.25) is 0 Å². The molecule has 126 valence electrons. The van der Waals surface area contributed by atoms with Crippen molar-refractivity contribution in [2.75, 3.05) is 5.75 Å².